The molecule has 0 heterocycles. The van der Waals surface area contributed by atoms with Gasteiger partial charge in [-0.05, 0) is 37.2 Å². The van der Waals surface area contributed by atoms with E-state index in [0.29, 0.717) is 0 Å². The van der Waals surface area contributed by atoms with E-state index in [9.17, 15) is 0 Å². The van der Waals surface area contributed by atoms with E-state index in [-0.39, 0.29) is 6.04 Å². The summed E-state index contributed by atoms with van der Waals surface area (Å²) >= 11 is 0. The summed E-state index contributed by atoms with van der Waals surface area (Å²) in [5.74, 6) is 0.920. The van der Waals surface area contributed by atoms with Crippen LogP contribution in [-0.4, -0.2) is 31.1 Å². The number of hydrogen-bond acceptors (Lipinski definition) is 3. The van der Waals surface area contributed by atoms with Gasteiger partial charge in [-0.3, -0.25) is 0 Å². The number of ether oxygens (including phenoxy) is 1. The molecule has 0 spiro atoms. The van der Waals surface area contributed by atoms with Gasteiger partial charge in [-0.2, -0.15) is 0 Å². The molecular formula is C15H26N2O. The Hall–Kier alpha value is -1.06. The smallest absolute Gasteiger partial charge is 0.119 e. The van der Waals surface area contributed by atoms with Gasteiger partial charge in [0.05, 0.1) is 0 Å². The Morgan fingerprint density at radius 2 is 1.94 bits per heavy atom. The third-order valence-electron chi connectivity index (χ3n) is 3.30. The van der Waals surface area contributed by atoms with Crippen molar-refractivity contribution in [3.8, 4) is 5.75 Å². The molecule has 0 saturated heterocycles. The van der Waals surface area contributed by atoms with Crippen molar-refractivity contribution in [3.05, 3.63) is 29.8 Å². The summed E-state index contributed by atoms with van der Waals surface area (Å²) in [5.41, 5.74) is 7.17. The van der Waals surface area contributed by atoms with Crippen LogP contribution in [0.25, 0.3) is 0 Å². The quantitative estimate of drug-likeness (QED) is 0.771. The van der Waals surface area contributed by atoms with Crippen molar-refractivity contribution in [1.29, 1.82) is 0 Å². The predicted octanol–water partition coefficient (Wildman–Crippen LogP) is 2.82. The first-order valence-electron chi connectivity index (χ1n) is 6.91. The van der Waals surface area contributed by atoms with Crippen LogP contribution in [0.15, 0.2) is 24.3 Å². The number of nitrogens with two attached hydrogens (primary N) is 1. The van der Waals surface area contributed by atoms with Crippen LogP contribution in [0.1, 0.15) is 38.8 Å². The van der Waals surface area contributed by atoms with Crippen molar-refractivity contribution >= 4 is 0 Å². The molecule has 102 valence electrons. The molecule has 0 bridgehead atoms. The Kier molecular flexibility index (Phi) is 6.76. The van der Waals surface area contributed by atoms with Crippen LogP contribution in [0.2, 0.25) is 0 Å². The van der Waals surface area contributed by atoms with Crippen molar-refractivity contribution in [2.45, 2.75) is 33.2 Å². The molecule has 0 amide bonds. The fourth-order valence-electron chi connectivity index (χ4n) is 1.90. The van der Waals surface area contributed by atoms with Crippen molar-refractivity contribution in [2.24, 2.45) is 5.73 Å². The lowest BCUT2D eigenvalue weighted by molar-refractivity contribution is 0.222. The van der Waals surface area contributed by atoms with Crippen molar-refractivity contribution in [2.75, 3.05) is 26.2 Å². The molecule has 1 aromatic rings. The van der Waals surface area contributed by atoms with Crippen LogP contribution in [-0.2, 0) is 0 Å². The lowest BCUT2D eigenvalue weighted by atomic mass is 10.1. The van der Waals surface area contributed by atoms with Crippen molar-refractivity contribution in [3.63, 3.8) is 0 Å². The highest BCUT2D eigenvalue weighted by Gasteiger charge is 2.05. The summed E-state index contributed by atoms with van der Waals surface area (Å²) in [5, 5.41) is 0. The molecule has 0 aromatic heterocycles. The standard InChI is InChI=1S/C15H26N2O/c1-4-15(16)13-8-7-9-14(12-13)18-11-10-17(5-2)6-3/h7-9,12,15H,4-6,10-11,16H2,1-3H3. The zero-order chi connectivity index (χ0) is 13.4. The monoisotopic (exact) mass is 250 g/mol. The van der Waals surface area contributed by atoms with Crippen LogP contribution in [0.5, 0.6) is 5.75 Å². The molecule has 1 atom stereocenters. The third kappa shape index (κ3) is 4.67. The van der Waals surface area contributed by atoms with E-state index in [1.165, 1.54) is 0 Å². The summed E-state index contributed by atoms with van der Waals surface area (Å²) in [6.45, 7) is 10.3. The van der Waals surface area contributed by atoms with Gasteiger partial charge >= 0.3 is 0 Å². The second-order valence-corrected chi connectivity index (χ2v) is 4.46. The van der Waals surface area contributed by atoms with Gasteiger partial charge in [-0.1, -0.05) is 32.9 Å². The topological polar surface area (TPSA) is 38.5 Å². The second-order valence-electron chi connectivity index (χ2n) is 4.46. The lowest BCUT2D eigenvalue weighted by Gasteiger charge is -2.18. The highest BCUT2D eigenvalue weighted by Crippen LogP contribution is 2.19. The first-order chi connectivity index (χ1) is 8.71. The van der Waals surface area contributed by atoms with Crippen LogP contribution in [0, 0.1) is 0 Å². The maximum absolute atomic E-state index is 6.02. The van der Waals surface area contributed by atoms with Crippen LogP contribution < -0.4 is 10.5 Å². The summed E-state index contributed by atoms with van der Waals surface area (Å²) in [7, 11) is 0. The Bertz CT molecular complexity index is 337. The van der Waals surface area contributed by atoms with E-state index in [1.807, 2.05) is 12.1 Å². The first kappa shape index (κ1) is 15.0. The molecule has 1 unspecified atom stereocenters. The molecule has 3 nitrogen and oxygen atoms in total. The molecular weight excluding hydrogens is 224 g/mol. The van der Waals surface area contributed by atoms with Gasteiger partial charge in [0.2, 0.25) is 0 Å². The molecule has 0 aliphatic rings. The Balaban J connectivity index is 2.47. The molecule has 2 N–H and O–H groups in total. The lowest BCUT2D eigenvalue weighted by Crippen LogP contribution is -2.27. The van der Waals surface area contributed by atoms with E-state index in [4.69, 9.17) is 10.5 Å². The number of hydrogen-bond donors (Lipinski definition) is 1. The average Bonchev–Trinajstić information content (AvgIpc) is 2.43. The van der Waals surface area contributed by atoms with E-state index >= 15 is 0 Å². The minimum atomic E-state index is 0.108. The summed E-state index contributed by atoms with van der Waals surface area (Å²) in [6, 6.07) is 8.23. The molecule has 0 aliphatic heterocycles. The number of likely N-dealkylation sites (N-methyl/N-ethyl adjacent to an activating group) is 1. The minimum absolute atomic E-state index is 0.108. The van der Waals surface area contributed by atoms with E-state index in [2.05, 4.69) is 37.8 Å². The van der Waals surface area contributed by atoms with E-state index in [0.717, 1.165) is 44.0 Å². The maximum atomic E-state index is 6.02. The van der Waals surface area contributed by atoms with Gasteiger partial charge in [0.25, 0.3) is 0 Å². The van der Waals surface area contributed by atoms with Gasteiger partial charge in [0.1, 0.15) is 12.4 Å². The average molecular weight is 250 g/mol. The third-order valence-corrected chi connectivity index (χ3v) is 3.30. The van der Waals surface area contributed by atoms with Crippen molar-refractivity contribution in [1.82, 2.24) is 4.90 Å². The molecule has 1 rings (SSSR count). The van der Waals surface area contributed by atoms with Gasteiger partial charge in [0, 0.05) is 12.6 Å². The van der Waals surface area contributed by atoms with Crippen LogP contribution in [0.4, 0.5) is 0 Å². The summed E-state index contributed by atoms with van der Waals surface area (Å²) in [4.78, 5) is 2.35. The highest BCUT2D eigenvalue weighted by atomic mass is 16.5. The van der Waals surface area contributed by atoms with Crippen LogP contribution >= 0.6 is 0 Å². The maximum Gasteiger partial charge on any atom is 0.119 e. The van der Waals surface area contributed by atoms with Gasteiger partial charge in [-0.25, -0.2) is 0 Å². The number of benzene rings is 1. The fraction of sp³-hybridized carbons (Fsp3) is 0.600. The first-order valence-corrected chi connectivity index (χ1v) is 6.91. The fourth-order valence-corrected chi connectivity index (χ4v) is 1.90. The Labute approximate surface area is 111 Å². The second kappa shape index (κ2) is 8.11. The van der Waals surface area contributed by atoms with Crippen LogP contribution in [0.3, 0.4) is 0 Å². The SMILES string of the molecule is CCC(N)c1cccc(OCCN(CC)CC)c1. The van der Waals surface area contributed by atoms with E-state index < -0.39 is 0 Å². The largest absolute Gasteiger partial charge is 0.492 e. The summed E-state index contributed by atoms with van der Waals surface area (Å²) < 4.78 is 5.78. The molecule has 0 saturated carbocycles. The van der Waals surface area contributed by atoms with Gasteiger partial charge < -0.3 is 15.4 Å². The molecule has 0 radical (unpaired) electrons. The predicted molar refractivity (Wildman–Crippen MR) is 76.9 cm³/mol. The minimum Gasteiger partial charge on any atom is -0.492 e. The van der Waals surface area contributed by atoms with Gasteiger partial charge in [0.15, 0.2) is 0 Å². The normalized spacial score (nSPS) is 12.7. The molecule has 18 heavy (non-hydrogen) atoms. The number of rotatable bonds is 8. The van der Waals surface area contributed by atoms with Gasteiger partial charge in [-0.15, -0.1) is 0 Å². The summed E-state index contributed by atoms with van der Waals surface area (Å²) in [6.07, 6.45) is 0.947. The Morgan fingerprint density at radius 1 is 1.22 bits per heavy atom. The number of nitrogens with zero attached hydrogens (tertiary/aromatic N) is 1. The Morgan fingerprint density at radius 3 is 2.56 bits per heavy atom. The molecule has 3 heteroatoms. The molecule has 0 fully saturated rings. The van der Waals surface area contributed by atoms with Crippen molar-refractivity contribution < 1.29 is 4.74 Å². The molecule has 1 aromatic carbocycles. The van der Waals surface area contributed by atoms with E-state index in [1.54, 1.807) is 0 Å². The zero-order valence-electron chi connectivity index (χ0n) is 11.9. The zero-order valence-corrected chi connectivity index (χ0v) is 11.9. The highest BCUT2D eigenvalue weighted by molar-refractivity contribution is 5.30. The molecule has 0 aliphatic carbocycles.